The zero-order valence-corrected chi connectivity index (χ0v) is 16.2. The Morgan fingerprint density at radius 2 is 1.78 bits per heavy atom. The number of pyridine rings is 1. The Bertz CT molecular complexity index is 744. The topological polar surface area (TPSA) is 60.8 Å². The van der Waals surface area contributed by atoms with Gasteiger partial charge in [-0.25, -0.2) is 0 Å². The highest BCUT2D eigenvalue weighted by Gasteiger charge is 2.19. The second-order valence-corrected chi connectivity index (χ2v) is 6.58. The molecule has 1 N–H and O–H groups in total. The third-order valence-corrected chi connectivity index (χ3v) is 4.30. The number of rotatable bonds is 9. The first-order valence-corrected chi connectivity index (χ1v) is 8.77. The van der Waals surface area contributed by atoms with Crippen molar-refractivity contribution in [1.82, 2.24) is 4.98 Å². The minimum atomic E-state index is -3.00. The predicted molar refractivity (Wildman–Crippen MR) is 98.0 cm³/mol. The number of aliphatic hydroxyl groups excluding tert-OH is 1. The van der Waals surface area contributed by atoms with Gasteiger partial charge in [-0.05, 0) is 30.2 Å². The monoisotopic (exact) mass is 421 g/mol. The Balaban J connectivity index is 2.27. The molecule has 9 heteroatoms. The van der Waals surface area contributed by atoms with Gasteiger partial charge in [0.25, 0.3) is 0 Å². The molecule has 0 bridgehead atoms. The Hall–Kier alpha value is -1.67. The lowest BCUT2D eigenvalue weighted by atomic mass is 10.0. The molecule has 2 atom stereocenters. The molecule has 27 heavy (non-hydrogen) atoms. The Kier molecular flexibility index (Phi) is 8.04. The van der Waals surface area contributed by atoms with Crippen LogP contribution in [0.3, 0.4) is 0 Å². The number of hydrogen-bond donors (Lipinski definition) is 1. The second-order valence-electron chi connectivity index (χ2n) is 5.77. The molecular formula is C18H19Cl2F2NO4. The molecule has 148 valence electrons. The predicted octanol–water partition coefficient (Wildman–Crippen LogP) is 4.68. The molecular weight excluding hydrogens is 403 g/mol. The average Bonchev–Trinajstić information content (AvgIpc) is 2.59. The number of methoxy groups -OCH3 is 1. The van der Waals surface area contributed by atoms with Crippen LogP contribution in [-0.2, 0) is 11.2 Å². The van der Waals surface area contributed by atoms with Gasteiger partial charge in [-0.3, -0.25) is 4.98 Å². The van der Waals surface area contributed by atoms with Crippen LogP contribution in [0.25, 0.3) is 0 Å². The number of alkyl halides is 2. The largest absolute Gasteiger partial charge is 0.484 e. The molecule has 0 aliphatic heterocycles. The van der Waals surface area contributed by atoms with Gasteiger partial charge in [-0.1, -0.05) is 29.3 Å². The van der Waals surface area contributed by atoms with E-state index in [2.05, 4.69) is 9.72 Å². The maximum Gasteiger partial charge on any atom is 0.387 e. The van der Waals surface area contributed by atoms with Gasteiger partial charge in [0, 0.05) is 25.9 Å². The van der Waals surface area contributed by atoms with Crippen LogP contribution in [0.1, 0.15) is 24.2 Å². The summed E-state index contributed by atoms with van der Waals surface area (Å²) in [4.78, 5) is 3.86. The molecule has 0 radical (unpaired) electrons. The lowest BCUT2D eigenvalue weighted by molar-refractivity contribution is -0.0524. The number of ether oxygens (including phenoxy) is 3. The highest BCUT2D eigenvalue weighted by atomic mass is 35.5. The molecule has 0 amide bonds. The molecule has 5 nitrogen and oxygen atoms in total. The summed E-state index contributed by atoms with van der Waals surface area (Å²) >= 11 is 12.2. The molecule has 0 saturated heterocycles. The molecule has 0 saturated carbocycles. The van der Waals surface area contributed by atoms with E-state index in [1.54, 1.807) is 6.92 Å². The summed E-state index contributed by atoms with van der Waals surface area (Å²) in [6.07, 6.45) is 1.56. The Labute approximate surface area is 165 Å². The maximum absolute atomic E-state index is 12.6. The Morgan fingerprint density at radius 3 is 2.37 bits per heavy atom. The second kappa shape index (κ2) is 10.0. The summed E-state index contributed by atoms with van der Waals surface area (Å²) in [6.45, 7) is -1.03. The first kappa shape index (κ1) is 21.6. The van der Waals surface area contributed by atoms with Gasteiger partial charge in [0.05, 0.1) is 22.8 Å². The van der Waals surface area contributed by atoms with E-state index in [9.17, 15) is 13.9 Å². The fraction of sp³-hybridized carbons (Fsp3) is 0.389. The highest BCUT2D eigenvalue weighted by molar-refractivity contribution is 6.35. The maximum atomic E-state index is 12.6. The van der Waals surface area contributed by atoms with E-state index in [0.717, 1.165) is 0 Å². The molecule has 0 aliphatic rings. The van der Waals surface area contributed by atoms with Crippen molar-refractivity contribution >= 4 is 23.2 Å². The number of aliphatic hydroxyl groups is 1. The van der Waals surface area contributed by atoms with Crippen molar-refractivity contribution in [2.45, 2.75) is 32.2 Å². The van der Waals surface area contributed by atoms with E-state index in [0.29, 0.717) is 21.2 Å². The van der Waals surface area contributed by atoms with Gasteiger partial charge in [-0.2, -0.15) is 8.78 Å². The van der Waals surface area contributed by atoms with E-state index >= 15 is 0 Å². The molecule has 1 aromatic heterocycles. The number of halogens is 4. The van der Waals surface area contributed by atoms with Crippen LogP contribution >= 0.6 is 23.2 Å². The quantitative estimate of drug-likeness (QED) is 0.636. The van der Waals surface area contributed by atoms with Crippen molar-refractivity contribution in [3.63, 3.8) is 0 Å². The molecule has 2 unspecified atom stereocenters. The van der Waals surface area contributed by atoms with Crippen molar-refractivity contribution < 1.29 is 28.1 Å². The van der Waals surface area contributed by atoms with Crippen LogP contribution in [0.2, 0.25) is 10.0 Å². The highest BCUT2D eigenvalue weighted by Crippen LogP contribution is 2.35. The van der Waals surface area contributed by atoms with E-state index < -0.39 is 18.8 Å². The van der Waals surface area contributed by atoms with Crippen molar-refractivity contribution in [2.24, 2.45) is 0 Å². The number of nitrogens with zero attached hydrogens (tertiary/aromatic N) is 1. The van der Waals surface area contributed by atoms with Gasteiger partial charge in [0.1, 0.15) is 6.10 Å². The molecule has 0 aliphatic carbocycles. The van der Waals surface area contributed by atoms with Crippen LogP contribution in [0.15, 0.2) is 30.6 Å². The SMILES string of the molecule is COCC(C)Oc1cc(C(O)Cc2c(Cl)cncc2Cl)ccc1OC(F)F. The number of benzene rings is 1. The zero-order valence-electron chi connectivity index (χ0n) is 14.7. The van der Waals surface area contributed by atoms with E-state index in [1.807, 2.05) is 0 Å². The summed E-state index contributed by atoms with van der Waals surface area (Å²) in [6, 6.07) is 4.23. The molecule has 2 rings (SSSR count). The third kappa shape index (κ3) is 6.17. The minimum Gasteiger partial charge on any atom is -0.484 e. The first-order valence-electron chi connectivity index (χ1n) is 8.02. The summed E-state index contributed by atoms with van der Waals surface area (Å²) in [5.41, 5.74) is 0.962. The molecule has 1 aromatic carbocycles. The summed E-state index contributed by atoms with van der Waals surface area (Å²) in [5.74, 6) is -0.0628. The number of aromatic nitrogens is 1. The first-order chi connectivity index (χ1) is 12.8. The minimum absolute atomic E-state index is 0.0725. The van der Waals surface area contributed by atoms with Gasteiger partial charge in [-0.15, -0.1) is 0 Å². The van der Waals surface area contributed by atoms with Gasteiger partial charge in [0.2, 0.25) is 0 Å². The standard InChI is InChI=1S/C18H19Cl2F2NO4/c1-10(9-25-2)26-17-5-11(3-4-16(17)27-18(21)22)15(24)6-12-13(19)7-23-8-14(12)20/h3-5,7-8,10,15,18,24H,6,9H2,1-2H3. The van der Waals surface area contributed by atoms with Gasteiger partial charge in [0.15, 0.2) is 11.5 Å². The van der Waals surface area contributed by atoms with E-state index in [4.69, 9.17) is 32.7 Å². The molecule has 0 fully saturated rings. The Morgan fingerprint density at radius 1 is 1.11 bits per heavy atom. The normalized spacial score (nSPS) is 13.5. The lowest BCUT2D eigenvalue weighted by Gasteiger charge is -2.19. The van der Waals surface area contributed by atoms with E-state index in [1.165, 1.54) is 37.7 Å². The van der Waals surface area contributed by atoms with Crippen LogP contribution in [-0.4, -0.2) is 36.5 Å². The summed E-state index contributed by atoms with van der Waals surface area (Å²) in [7, 11) is 1.50. The van der Waals surface area contributed by atoms with Crippen LogP contribution in [0.4, 0.5) is 8.78 Å². The fourth-order valence-electron chi connectivity index (χ4n) is 2.45. The summed E-state index contributed by atoms with van der Waals surface area (Å²) in [5, 5.41) is 11.2. The molecule has 2 aromatic rings. The van der Waals surface area contributed by atoms with Crippen molar-refractivity contribution in [3.05, 3.63) is 51.8 Å². The fourth-order valence-corrected chi connectivity index (χ4v) is 2.97. The lowest BCUT2D eigenvalue weighted by Crippen LogP contribution is -2.19. The number of hydrogen-bond acceptors (Lipinski definition) is 5. The van der Waals surface area contributed by atoms with E-state index in [-0.39, 0.29) is 24.5 Å². The average molecular weight is 422 g/mol. The van der Waals surface area contributed by atoms with Crippen LogP contribution in [0.5, 0.6) is 11.5 Å². The van der Waals surface area contributed by atoms with Gasteiger partial charge < -0.3 is 19.3 Å². The van der Waals surface area contributed by atoms with Crippen LogP contribution in [0, 0.1) is 0 Å². The third-order valence-electron chi connectivity index (χ3n) is 3.65. The van der Waals surface area contributed by atoms with Crippen molar-refractivity contribution in [3.8, 4) is 11.5 Å². The zero-order chi connectivity index (χ0) is 20.0. The molecule has 1 heterocycles. The molecule has 0 spiro atoms. The van der Waals surface area contributed by atoms with Crippen molar-refractivity contribution in [2.75, 3.05) is 13.7 Å². The smallest absolute Gasteiger partial charge is 0.387 e. The van der Waals surface area contributed by atoms with Crippen molar-refractivity contribution in [1.29, 1.82) is 0 Å². The van der Waals surface area contributed by atoms with Crippen LogP contribution < -0.4 is 9.47 Å². The summed E-state index contributed by atoms with van der Waals surface area (Å²) < 4.78 is 40.4. The van der Waals surface area contributed by atoms with Gasteiger partial charge >= 0.3 is 6.61 Å².